The Bertz CT molecular complexity index is 1490. The Labute approximate surface area is 197 Å². The number of alkyl halides is 3. The Kier molecular flexibility index (Phi) is 6.00. The number of benzene rings is 1. The van der Waals surface area contributed by atoms with Gasteiger partial charge in [0.2, 0.25) is 0 Å². The van der Waals surface area contributed by atoms with E-state index in [4.69, 9.17) is 16.9 Å². The molecule has 3 heterocycles. The van der Waals surface area contributed by atoms with Crippen LogP contribution in [0.5, 0.6) is 5.75 Å². The van der Waals surface area contributed by atoms with E-state index in [0.717, 1.165) is 5.56 Å². The number of aromatic nitrogens is 5. The topological polar surface area (TPSA) is 120 Å². The first-order chi connectivity index (χ1) is 16.6. The van der Waals surface area contributed by atoms with Gasteiger partial charge in [-0.3, -0.25) is 4.79 Å². The minimum atomic E-state index is -4.55. The molecule has 0 saturated heterocycles. The standard InChI is InChI=1S/C23H18F3N7O2/c1-4-14-7-12(2)16(9-28-14)19-18(20-21(27)30-11-31-33(20)32-19)13-5-6-15(17(8-13)35-3)22(34)29-10-23(24,25)26/h1,5-9,11H,10H2,2-3H3,(H,29,34)(H2,27,30,31). The molecule has 12 heteroatoms. The highest BCUT2D eigenvalue weighted by atomic mass is 19.4. The highest BCUT2D eigenvalue weighted by molar-refractivity contribution is 6.00. The number of nitrogens with one attached hydrogen (secondary N) is 1. The van der Waals surface area contributed by atoms with Crippen LogP contribution in [-0.2, 0) is 0 Å². The van der Waals surface area contributed by atoms with Gasteiger partial charge in [0.15, 0.2) is 5.82 Å². The van der Waals surface area contributed by atoms with E-state index < -0.39 is 18.6 Å². The maximum atomic E-state index is 12.5. The molecule has 9 nitrogen and oxygen atoms in total. The smallest absolute Gasteiger partial charge is 0.405 e. The SMILES string of the molecule is C#Cc1cc(C)c(-c2nn3ncnc(N)c3c2-c2ccc(C(=O)NCC(F)(F)F)c(OC)c2)cn1. The van der Waals surface area contributed by atoms with Gasteiger partial charge in [-0.1, -0.05) is 12.0 Å². The van der Waals surface area contributed by atoms with Crippen molar-refractivity contribution >= 4 is 17.2 Å². The summed E-state index contributed by atoms with van der Waals surface area (Å²) in [6.45, 7) is 0.373. The van der Waals surface area contributed by atoms with Gasteiger partial charge in [-0.05, 0) is 36.2 Å². The summed E-state index contributed by atoms with van der Waals surface area (Å²) in [4.78, 5) is 20.7. The van der Waals surface area contributed by atoms with Gasteiger partial charge in [-0.15, -0.1) is 21.3 Å². The van der Waals surface area contributed by atoms with Crippen molar-refractivity contribution in [3.8, 4) is 40.5 Å². The van der Waals surface area contributed by atoms with Crippen molar-refractivity contribution in [3.63, 3.8) is 0 Å². The number of anilines is 1. The number of ether oxygens (including phenoxy) is 1. The van der Waals surface area contributed by atoms with Gasteiger partial charge in [0.05, 0.1) is 12.7 Å². The molecule has 3 aromatic heterocycles. The summed E-state index contributed by atoms with van der Waals surface area (Å²) in [6, 6.07) is 6.15. The summed E-state index contributed by atoms with van der Waals surface area (Å²) in [5.41, 5.74) is 9.84. The minimum Gasteiger partial charge on any atom is -0.496 e. The number of halogens is 3. The van der Waals surface area contributed by atoms with E-state index >= 15 is 0 Å². The molecule has 0 unspecified atom stereocenters. The normalized spacial score (nSPS) is 11.3. The van der Waals surface area contributed by atoms with Gasteiger partial charge in [0.25, 0.3) is 5.91 Å². The van der Waals surface area contributed by atoms with Gasteiger partial charge in [-0.25, -0.2) is 9.97 Å². The van der Waals surface area contributed by atoms with Crippen LogP contribution in [0.3, 0.4) is 0 Å². The average Bonchev–Trinajstić information content (AvgIpc) is 3.22. The number of terminal acetylenes is 1. The fourth-order valence-electron chi connectivity index (χ4n) is 3.57. The van der Waals surface area contributed by atoms with Crippen LogP contribution in [0.1, 0.15) is 21.6 Å². The Balaban J connectivity index is 1.89. The van der Waals surface area contributed by atoms with Crippen LogP contribution in [0.4, 0.5) is 19.0 Å². The molecule has 0 aliphatic carbocycles. The molecule has 1 aromatic carbocycles. The van der Waals surface area contributed by atoms with Gasteiger partial charge in [-0.2, -0.15) is 13.2 Å². The lowest BCUT2D eigenvalue weighted by atomic mass is 9.96. The molecular weight excluding hydrogens is 463 g/mol. The van der Waals surface area contributed by atoms with Crippen LogP contribution in [0.15, 0.2) is 36.8 Å². The average molecular weight is 481 g/mol. The molecule has 0 atom stereocenters. The third kappa shape index (κ3) is 4.56. The second kappa shape index (κ2) is 8.94. The molecule has 0 aliphatic heterocycles. The summed E-state index contributed by atoms with van der Waals surface area (Å²) in [5, 5.41) is 10.5. The van der Waals surface area contributed by atoms with Crippen molar-refractivity contribution in [1.29, 1.82) is 0 Å². The third-order valence-electron chi connectivity index (χ3n) is 5.17. The number of nitrogen functional groups attached to an aromatic ring is 1. The molecule has 1 amide bonds. The highest BCUT2D eigenvalue weighted by Crippen LogP contribution is 2.39. The zero-order chi connectivity index (χ0) is 25.3. The van der Waals surface area contributed by atoms with Crippen LogP contribution in [0.25, 0.3) is 27.9 Å². The lowest BCUT2D eigenvalue weighted by Gasteiger charge is -2.13. The van der Waals surface area contributed by atoms with Crippen molar-refractivity contribution in [1.82, 2.24) is 30.1 Å². The first-order valence-corrected chi connectivity index (χ1v) is 10.1. The molecule has 0 bridgehead atoms. The van der Waals surface area contributed by atoms with Crippen molar-refractivity contribution in [2.45, 2.75) is 13.1 Å². The number of amides is 1. The Morgan fingerprint density at radius 2 is 2.06 bits per heavy atom. The number of aryl methyl sites for hydroxylation is 1. The lowest BCUT2D eigenvalue weighted by molar-refractivity contribution is -0.123. The Morgan fingerprint density at radius 3 is 2.71 bits per heavy atom. The van der Waals surface area contributed by atoms with Crippen molar-refractivity contribution in [3.05, 3.63) is 53.6 Å². The number of hydrogen-bond donors (Lipinski definition) is 2. The fraction of sp³-hybridized carbons (Fsp3) is 0.174. The summed E-state index contributed by atoms with van der Waals surface area (Å²) in [6.07, 6.45) is 3.73. The maximum Gasteiger partial charge on any atom is 0.405 e. The van der Waals surface area contributed by atoms with E-state index in [-0.39, 0.29) is 17.1 Å². The van der Waals surface area contributed by atoms with Gasteiger partial charge >= 0.3 is 6.18 Å². The zero-order valence-electron chi connectivity index (χ0n) is 18.5. The highest BCUT2D eigenvalue weighted by Gasteiger charge is 2.29. The molecular formula is C23H18F3N7O2. The van der Waals surface area contributed by atoms with E-state index in [9.17, 15) is 18.0 Å². The molecule has 0 radical (unpaired) electrons. The van der Waals surface area contributed by atoms with Gasteiger partial charge in [0.1, 0.15) is 35.5 Å². The molecule has 178 valence electrons. The van der Waals surface area contributed by atoms with Crippen molar-refractivity contribution < 1.29 is 22.7 Å². The molecule has 0 fully saturated rings. The fourth-order valence-corrected chi connectivity index (χ4v) is 3.57. The first kappa shape index (κ1) is 23.5. The van der Waals surface area contributed by atoms with E-state index in [1.165, 1.54) is 30.2 Å². The summed E-state index contributed by atoms with van der Waals surface area (Å²) in [5.74, 6) is 1.74. The second-order valence-corrected chi connectivity index (χ2v) is 7.45. The van der Waals surface area contributed by atoms with E-state index in [2.05, 4.69) is 26.1 Å². The van der Waals surface area contributed by atoms with Crippen LogP contribution >= 0.6 is 0 Å². The number of hydrogen-bond acceptors (Lipinski definition) is 7. The first-order valence-electron chi connectivity index (χ1n) is 10.1. The largest absolute Gasteiger partial charge is 0.496 e. The molecule has 0 aliphatic rings. The molecule has 3 N–H and O–H groups in total. The van der Waals surface area contributed by atoms with Crippen molar-refractivity contribution in [2.75, 3.05) is 19.4 Å². The number of nitrogens with two attached hydrogens (primary N) is 1. The predicted molar refractivity (Wildman–Crippen MR) is 121 cm³/mol. The number of pyridine rings is 1. The Hall–Kier alpha value is -4.66. The summed E-state index contributed by atoms with van der Waals surface area (Å²) < 4.78 is 44.3. The van der Waals surface area contributed by atoms with Gasteiger partial charge < -0.3 is 15.8 Å². The lowest BCUT2D eigenvalue weighted by Crippen LogP contribution is -2.33. The molecule has 35 heavy (non-hydrogen) atoms. The van der Waals surface area contributed by atoms with Crippen LogP contribution in [-0.4, -0.2) is 50.5 Å². The van der Waals surface area contributed by atoms with Crippen LogP contribution in [0, 0.1) is 19.3 Å². The number of methoxy groups -OCH3 is 1. The van der Waals surface area contributed by atoms with E-state index in [1.807, 2.05) is 12.2 Å². The number of nitrogens with zero attached hydrogens (tertiary/aromatic N) is 5. The number of carbonyl (C=O) groups excluding carboxylic acids is 1. The van der Waals surface area contributed by atoms with Crippen LogP contribution < -0.4 is 15.8 Å². The zero-order valence-corrected chi connectivity index (χ0v) is 18.5. The summed E-state index contributed by atoms with van der Waals surface area (Å²) in [7, 11) is 1.31. The van der Waals surface area contributed by atoms with E-state index in [1.54, 1.807) is 18.3 Å². The van der Waals surface area contributed by atoms with Crippen LogP contribution in [0.2, 0.25) is 0 Å². The quantitative estimate of drug-likeness (QED) is 0.421. The summed E-state index contributed by atoms with van der Waals surface area (Å²) >= 11 is 0. The third-order valence-corrected chi connectivity index (χ3v) is 5.17. The number of carbonyl (C=O) groups is 1. The molecule has 4 rings (SSSR count). The monoisotopic (exact) mass is 481 g/mol. The second-order valence-electron chi connectivity index (χ2n) is 7.45. The number of fused-ring (bicyclic) bond motifs is 1. The predicted octanol–water partition coefficient (Wildman–Crippen LogP) is 3.03. The maximum absolute atomic E-state index is 12.5. The molecule has 0 spiro atoms. The van der Waals surface area contributed by atoms with E-state index in [0.29, 0.717) is 33.6 Å². The van der Waals surface area contributed by atoms with Gasteiger partial charge in [0, 0.05) is 17.3 Å². The Morgan fingerprint density at radius 1 is 1.29 bits per heavy atom. The minimum absolute atomic E-state index is 0.0559. The van der Waals surface area contributed by atoms with Crippen molar-refractivity contribution in [2.24, 2.45) is 0 Å². The number of rotatable bonds is 5. The molecule has 0 saturated carbocycles. The molecule has 4 aromatic rings.